The van der Waals surface area contributed by atoms with E-state index in [1.807, 2.05) is 31.2 Å². The number of nitrogens with one attached hydrogen (secondary N) is 1. The van der Waals surface area contributed by atoms with Gasteiger partial charge in [-0.25, -0.2) is 8.42 Å². The molecule has 0 heterocycles. The molecular weight excluding hydrogens is 531 g/mol. The number of carbonyl (C=O) groups is 2. The second kappa shape index (κ2) is 12.8. The van der Waals surface area contributed by atoms with E-state index in [0.717, 1.165) is 65.6 Å². The highest BCUT2D eigenvalue weighted by Crippen LogP contribution is 2.32. The van der Waals surface area contributed by atoms with Crippen LogP contribution in [0.3, 0.4) is 0 Å². The highest BCUT2D eigenvalue weighted by molar-refractivity contribution is 7.92. The van der Waals surface area contributed by atoms with E-state index in [4.69, 9.17) is 0 Å². The van der Waals surface area contributed by atoms with Crippen molar-refractivity contribution < 1.29 is 31.2 Å². The molecule has 0 unspecified atom stereocenters. The summed E-state index contributed by atoms with van der Waals surface area (Å²) in [6, 6.07) is 11.0. The largest absolute Gasteiger partial charge is 0.416 e. The van der Waals surface area contributed by atoms with Gasteiger partial charge in [0.15, 0.2) is 0 Å². The molecule has 0 bridgehead atoms. The summed E-state index contributed by atoms with van der Waals surface area (Å²) in [5.41, 5.74) is 0.773. The molecule has 214 valence electrons. The number of anilines is 1. The van der Waals surface area contributed by atoms with Crippen molar-refractivity contribution in [1.82, 2.24) is 10.2 Å². The standard InChI is InChI=1S/C28H36F3N3O4S/c1-20-9-6-10-22(17-20)19-33(21(2)27(36)32-24-12-4-5-13-24)26(35)15-8-16-34(39(3,37)38)25-14-7-11-23(18-25)28(29,30)31/h6-7,9-11,14,17-18,21,24H,4-5,8,12-13,15-16,19H2,1-3H3,(H,32,36)/t21-/m0/s1. The average molecular weight is 568 g/mol. The van der Waals surface area contributed by atoms with Gasteiger partial charge in [-0.05, 0) is 56.9 Å². The summed E-state index contributed by atoms with van der Waals surface area (Å²) in [7, 11) is -3.92. The third kappa shape index (κ3) is 8.71. The molecule has 0 spiro atoms. The lowest BCUT2D eigenvalue weighted by molar-refractivity contribution is -0.141. The van der Waals surface area contributed by atoms with Gasteiger partial charge in [0.2, 0.25) is 21.8 Å². The third-order valence-corrected chi connectivity index (χ3v) is 8.11. The summed E-state index contributed by atoms with van der Waals surface area (Å²) in [6.07, 6.45) is 0.167. The maximum absolute atomic E-state index is 13.4. The Morgan fingerprint density at radius 2 is 1.74 bits per heavy atom. The van der Waals surface area contributed by atoms with E-state index in [2.05, 4.69) is 5.32 Å². The first-order valence-corrected chi connectivity index (χ1v) is 14.9. The van der Waals surface area contributed by atoms with Crippen LogP contribution in [-0.2, 0) is 32.3 Å². The van der Waals surface area contributed by atoms with Gasteiger partial charge >= 0.3 is 6.18 Å². The van der Waals surface area contributed by atoms with Crippen LogP contribution in [-0.4, -0.2) is 50.0 Å². The molecule has 1 aliphatic rings. The lowest BCUT2D eigenvalue weighted by Gasteiger charge is -2.30. The van der Waals surface area contributed by atoms with Crippen LogP contribution in [0.2, 0.25) is 0 Å². The monoisotopic (exact) mass is 567 g/mol. The van der Waals surface area contributed by atoms with Crippen LogP contribution < -0.4 is 9.62 Å². The van der Waals surface area contributed by atoms with Crippen LogP contribution in [0.4, 0.5) is 18.9 Å². The zero-order valence-corrected chi connectivity index (χ0v) is 23.3. The van der Waals surface area contributed by atoms with Gasteiger partial charge < -0.3 is 10.2 Å². The molecule has 1 N–H and O–H groups in total. The van der Waals surface area contributed by atoms with Gasteiger partial charge in [-0.1, -0.05) is 48.7 Å². The normalized spacial score (nSPS) is 15.1. The Bertz CT molecular complexity index is 1260. The van der Waals surface area contributed by atoms with Gasteiger partial charge in [0.1, 0.15) is 6.04 Å². The Morgan fingerprint density at radius 3 is 2.36 bits per heavy atom. The first-order chi connectivity index (χ1) is 18.3. The summed E-state index contributed by atoms with van der Waals surface area (Å²) in [6.45, 7) is 3.61. The Hall–Kier alpha value is -3.08. The van der Waals surface area contributed by atoms with Crippen molar-refractivity contribution in [3.8, 4) is 0 Å². The third-order valence-electron chi connectivity index (χ3n) is 6.92. The van der Waals surface area contributed by atoms with E-state index < -0.39 is 27.8 Å². The molecule has 2 aromatic rings. The van der Waals surface area contributed by atoms with Gasteiger partial charge in [0.05, 0.1) is 17.5 Å². The fourth-order valence-corrected chi connectivity index (χ4v) is 5.78. The van der Waals surface area contributed by atoms with Crippen molar-refractivity contribution in [2.75, 3.05) is 17.1 Å². The summed E-state index contributed by atoms with van der Waals surface area (Å²) in [5.74, 6) is -0.590. The zero-order chi connectivity index (χ0) is 28.8. The molecule has 7 nitrogen and oxygen atoms in total. The van der Waals surface area contributed by atoms with E-state index in [1.54, 1.807) is 6.92 Å². The van der Waals surface area contributed by atoms with E-state index in [0.29, 0.717) is 0 Å². The minimum atomic E-state index is -4.62. The molecule has 1 saturated carbocycles. The van der Waals surface area contributed by atoms with Crippen LogP contribution in [0.5, 0.6) is 0 Å². The molecule has 0 radical (unpaired) electrons. The second-order valence-electron chi connectivity index (χ2n) is 10.2. The molecule has 2 aromatic carbocycles. The number of hydrogen-bond donors (Lipinski definition) is 1. The van der Waals surface area contributed by atoms with Gasteiger partial charge in [-0.15, -0.1) is 0 Å². The van der Waals surface area contributed by atoms with E-state index in [9.17, 15) is 31.2 Å². The number of alkyl halides is 3. The minimum absolute atomic E-state index is 0.0590. The minimum Gasteiger partial charge on any atom is -0.352 e. The Labute approximate surface area is 228 Å². The molecule has 1 fully saturated rings. The average Bonchev–Trinajstić information content (AvgIpc) is 3.36. The van der Waals surface area contributed by atoms with Crippen molar-refractivity contribution in [2.24, 2.45) is 0 Å². The SMILES string of the molecule is Cc1cccc(CN(C(=O)CCCN(c2cccc(C(F)(F)F)c2)S(C)(=O)=O)[C@@H](C)C(=O)NC2CCCC2)c1. The highest BCUT2D eigenvalue weighted by Gasteiger charge is 2.32. The van der Waals surface area contributed by atoms with Gasteiger partial charge in [0.25, 0.3) is 0 Å². The lowest BCUT2D eigenvalue weighted by atomic mass is 10.1. The molecule has 11 heteroatoms. The number of rotatable bonds is 11. The molecular formula is C28H36F3N3O4S. The van der Waals surface area contributed by atoms with Crippen LogP contribution in [0.15, 0.2) is 48.5 Å². The molecule has 0 aromatic heterocycles. The molecule has 0 aliphatic heterocycles. The maximum atomic E-state index is 13.4. The van der Waals surface area contributed by atoms with Crippen molar-refractivity contribution in [3.63, 3.8) is 0 Å². The number of sulfonamides is 1. The van der Waals surface area contributed by atoms with Gasteiger partial charge in [0, 0.05) is 25.6 Å². The van der Waals surface area contributed by atoms with Gasteiger partial charge in [-0.3, -0.25) is 13.9 Å². The van der Waals surface area contributed by atoms with Crippen LogP contribution in [0, 0.1) is 6.92 Å². The predicted molar refractivity (Wildman–Crippen MR) is 144 cm³/mol. The number of nitrogens with zero attached hydrogens (tertiary/aromatic N) is 2. The molecule has 1 atom stereocenters. The number of carbonyl (C=O) groups excluding carboxylic acids is 2. The maximum Gasteiger partial charge on any atom is 0.416 e. The van der Waals surface area contributed by atoms with E-state index in [-0.39, 0.29) is 49.5 Å². The van der Waals surface area contributed by atoms with Crippen LogP contribution >= 0.6 is 0 Å². The summed E-state index contributed by atoms with van der Waals surface area (Å²) in [5, 5.41) is 3.03. The van der Waals surface area contributed by atoms with E-state index >= 15 is 0 Å². The summed E-state index contributed by atoms with van der Waals surface area (Å²) in [4.78, 5) is 27.9. The highest BCUT2D eigenvalue weighted by atomic mass is 32.2. The number of halogens is 3. The zero-order valence-electron chi connectivity index (χ0n) is 22.5. The molecule has 2 amide bonds. The van der Waals surface area contributed by atoms with E-state index in [1.165, 1.54) is 11.0 Å². The Morgan fingerprint density at radius 1 is 1.08 bits per heavy atom. The number of benzene rings is 2. The van der Waals surface area contributed by atoms with Crippen molar-refractivity contribution in [2.45, 2.75) is 77.2 Å². The first-order valence-electron chi connectivity index (χ1n) is 13.1. The van der Waals surface area contributed by atoms with Crippen molar-refractivity contribution >= 4 is 27.5 Å². The van der Waals surface area contributed by atoms with Crippen molar-refractivity contribution in [1.29, 1.82) is 0 Å². The Balaban J connectivity index is 1.74. The number of aryl methyl sites for hydroxylation is 1. The number of amides is 2. The fraction of sp³-hybridized carbons (Fsp3) is 0.500. The molecule has 1 aliphatic carbocycles. The molecule has 3 rings (SSSR count). The summed E-state index contributed by atoms with van der Waals surface area (Å²) < 4.78 is 65.3. The summed E-state index contributed by atoms with van der Waals surface area (Å²) >= 11 is 0. The quantitative estimate of drug-likeness (QED) is 0.413. The van der Waals surface area contributed by atoms with Crippen LogP contribution in [0.1, 0.15) is 62.1 Å². The Kier molecular flexibility index (Phi) is 10.0. The fourth-order valence-electron chi connectivity index (χ4n) is 4.82. The number of hydrogen-bond acceptors (Lipinski definition) is 4. The molecule has 39 heavy (non-hydrogen) atoms. The first kappa shape index (κ1) is 30.5. The second-order valence-corrected chi connectivity index (χ2v) is 12.1. The van der Waals surface area contributed by atoms with Gasteiger partial charge in [-0.2, -0.15) is 13.2 Å². The smallest absolute Gasteiger partial charge is 0.352 e. The predicted octanol–water partition coefficient (Wildman–Crippen LogP) is 5.04. The van der Waals surface area contributed by atoms with Crippen molar-refractivity contribution in [3.05, 3.63) is 65.2 Å². The topological polar surface area (TPSA) is 86.8 Å². The van der Waals surface area contributed by atoms with Crippen LogP contribution in [0.25, 0.3) is 0 Å². The lowest BCUT2D eigenvalue weighted by Crippen LogP contribution is -2.49. The molecule has 0 saturated heterocycles.